The first kappa shape index (κ1) is 12.9. The van der Waals surface area contributed by atoms with Gasteiger partial charge in [-0.1, -0.05) is 37.0 Å². The first-order valence-electron chi connectivity index (χ1n) is 7.76. The molecule has 0 spiro atoms. The fourth-order valence-corrected chi connectivity index (χ4v) is 3.01. The van der Waals surface area contributed by atoms with Crippen molar-refractivity contribution in [3.8, 4) is 0 Å². The van der Waals surface area contributed by atoms with Crippen molar-refractivity contribution in [1.29, 1.82) is 0 Å². The molecule has 2 fully saturated rings. The lowest BCUT2D eigenvalue weighted by atomic mass is 9.83. The zero-order valence-electron chi connectivity index (χ0n) is 11.6. The highest BCUT2D eigenvalue weighted by Gasteiger charge is 2.23. The van der Waals surface area contributed by atoms with Gasteiger partial charge in [-0.15, -0.1) is 0 Å². The molecule has 0 amide bonds. The summed E-state index contributed by atoms with van der Waals surface area (Å²) in [4.78, 5) is 4.23. The Morgan fingerprint density at radius 1 is 1.21 bits per heavy atom. The van der Waals surface area contributed by atoms with E-state index in [1.54, 1.807) is 5.57 Å². The van der Waals surface area contributed by atoms with E-state index in [4.69, 9.17) is 0 Å². The SMILES string of the molecule is C(=C(CNC1CC1)C1CCCCC1)c1cccnc1. The van der Waals surface area contributed by atoms with Gasteiger partial charge >= 0.3 is 0 Å². The van der Waals surface area contributed by atoms with Gasteiger partial charge in [-0.2, -0.15) is 0 Å². The van der Waals surface area contributed by atoms with Crippen LogP contribution in [0.3, 0.4) is 0 Å². The third-order valence-electron chi connectivity index (χ3n) is 4.34. The minimum Gasteiger partial charge on any atom is -0.310 e. The van der Waals surface area contributed by atoms with Crippen LogP contribution in [0, 0.1) is 5.92 Å². The van der Waals surface area contributed by atoms with Crippen molar-refractivity contribution in [1.82, 2.24) is 10.3 Å². The smallest absolute Gasteiger partial charge is 0.0340 e. The molecule has 1 aromatic heterocycles. The maximum Gasteiger partial charge on any atom is 0.0340 e. The molecule has 0 radical (unpaired) electrons. The number of rotatable bonds is 5. The molecule has 2 aliphatic carbocycles. The Morgan fingerprint density at radius 2 is 2.05 bits per heavy atom. The lowest BCUT2D eigenvalue weighted by molar-refractivity contribution is 0.396. The fourth-order valence-electron chi connectivity index (χ4n) is 3.01. The molecule has 0 unspecified atom stereocenters. The van der Waals surface area contributed by atoms with Crippen LogP contribution in [-0.2, 0) is 0 Å². The summed E-state index contributed by atoms with van der Waals surface area (Å²) >= 11 is 0. The van der Waals surface area contributed by atoms with Gasteiger partial charge < -0.3 is 5.32 Å². The maximum absolute atomic E-state index is 4.23. The first-order chi connectivity index (χ1) is 9.42. The van der Waals surface area contributed by atoms with E-state index in [1.807, 2.05) is 18.5 Å². The van der Waals surface area contributed by atoms with E-state index in [9.17, 15) is 0 Å². The van der Waals surface area contributed by atoms with Gasteiger partial charge in [-0.3, -0.25) is 4.98 Å². The summed E-state index contributed by atoms with van der Waals surface area (Å²) in [6.07, 6.45) is 15.9. The highest BCUT2D eigenvalue weighted by molar-refractivity contribution is 5.52. The van der Waals surface area contributed by atoms with Crippen LogP contribution in [0.5, 0.6) is 0 Å². The topological polar surface area (TPSA) is 24.9 Å². The molecule has 1 N–H and O–H groups in total. The van der Waals surface area contributed by atoms with Crippen LogP contribution in [0.4, 0.5) is 0 Å². The summed E-state index contributed by atoms with van der Waals surface area (Å²) in [7, 11) is 0. The molecule has 0 aliphatic heterocycles. The van der Waals surface area contributed by atoms with Crippen molar-refractivity contribution < 1.29 is 0 Å². The van der Waals surface area contributed by atoms with E-state index in [-0.39, 0.29) is 0 Å². The molecule has 2 heteroatoms. The van der Waals surface area contributed by atoms with E-state index in [0.717, 1.165) is 18.5 Å². The van der Waals surface area contributed by atoms with Gasteiger partial charge in [0.1, 0.15) is 0 Å². The molecule has 19 heavy (non-hydrogen) atoms. The summed E-state index contributed by atoms with van der Waals surface area (Å²) in [5.74, 6) is 0.792. The molecule has 1 heterocycles. The van der Waals surface area contributed by atoms with Crippen LogP contribution in [0.1, 0.15) is 50.5 Å². The number of nitrogens with one attached hydrogen (secondary N) is 1. The molecular formula is C17H24N2. The van der Waals surface area contributed by atoms with Crippen molar-refractivity contribution >= 4 is 6.08 Å². The summed E-state index contributed by atoms with van der Waals surface area (Å²) in [6.45, 7) is 1.07. The van der Waals surface area contributed by atoms with E-state index < -0.39 is 0 Å². The monoisotopic (exact) mass is 256 g/mol. The average Bonchev–Trinajstić information content (AvgIpc) is 3.30. The molecular weight excluding hydrogens is 232 g/mol. The summed E-state index contributed by atoms with van der Waals surface area (Å²) in [6, 6.07) is 4.98. The Labute approximate surface area is 116 Å². The minimum absolute atomic E-state index is 0.792. The molecule has 3 rings (SSSR count). The predicted molar refractivity (Wildman–Crippen MR) is 79.8 cm³/mol. The second kappa shape index (κ2) is 6.33. The molecule has 2 saturated carbocycles. The van der Waals surface area contributed by atoms with Gasteiger partial charge in [-0.05, 0) is 43.2 Å². The van der Waals surface area contributed by atoms with Gasteiger partial charge in [0.2, 0.25) is 0 Å². The second-order valence-electron chi connectivity index (χ2n) is 6.00. The lowest BCUT2D eigenvalue weighted by Gasteiger charge is -2.25. The molecule has 0 bridgehead atoms. The Morgan fingerprint density at radius 3 is 2.74 bits per heavy atom. The van der Waals surface area contributed by atoms with Crippen molar-refractivity contribution in [2.75, 3.05) is 6.54 Å². The molecule has 1 aromatic rings. The second-order valence-corrected chi connectivity index (χ2v) is 6.00. The molecule has 0 atom stereocenters. The number of hydrogen-bond acceptors (Lipinski definition) is 2. The zero-order valence-corrected chi connectivity index (χ0v) is 11.6. The van der Waals surface area contributed by atoms with E-state index in [2.05, 4.69) is 22.4 Å². The Balaban J connectivity index is 1.71. The van der Waals surface area contributed by atoms with Crippen molar-refractivity contribution in [3.05, 3.63) is 35.7 Å². The highest BCUT2D eigenvalue weighted by atomic mass is 14.9. The van der Waals surface area contributed by atoms with Gasteiger partial charge in [0, 0.05) is 25.0 Å². The minimum atomic E-state index is 0.792. The molecule has 2 aliphatic rings. The third-order valence-corrected chi connectivity index (χ3v) is 4.34. The highest BCUT2D eigenvalue weighted by Crippen LogP contribution is 2.31. The van der Waals surface area contributed by atoms with Gasteiger partial charge in [0.05, 0.1) is 0 Å². The van der Waals surface area contributed by atoms with E-state index in [1.165, 1.54) is 50.5 Å². The number of aromatic nitrogens is 1. The van der Waals surface area contributed by atoms with Gasteiger partial charge in [0.15, 0.2) is 0 Å². The summed E-state index contributed by atoms with van der Waals surface area (Å²) < 4.78 is 0. The lowest BCUT2D eigenvalue weighted by Crippen LogP contribution is -2.24. The Hall–Kier alpha value is -1.15. The normalized spacial score (nSPS) is 21.6. The van der Waals surface area contributed by atoms with Crippen molar-refractivity contribution in [3.63, 3.8) is 0 Å². The zero-order chi connectivity index (χ0) is 12.9. The summed E-state index contributed by atoms with van der Waals surface area (Å²) in [5, 5.41) is 3.69. The van der Waals surface area contributed by atoms with Crippen LogP contribution in [-0.4, -0.2) is 17.6 Å². The third kappa shape index (κ3) is 3.90. The van der Waals surface area contributed by atoms with Crippen LogP contribution in [0.2, 0.25) is 0 Å². The standard InChI is InChI=1S/C17H24N2/c1-2-6-15(7-3-1)16(13-19-17-8-9-17)11-14-5-4-10-18-12-14/h4-5,10-12,15,17,19H,1-3,6-9,13H2. The van der Waals surface area contributed by atoms with Crippen LogP contribution < -0.4 is 5.32 Å². The molecule has 0 aromatic carbocycles. The van der Waals surface area contributed by atoms with Gasteiger partial charge in [0.25, 0.3) is 0 Å². The van der Waals surface area contributed by atoms with Gasteiger partial charge in [-0.25, -0.2) is 0 Å². The predicted octanol–water partition coefficient (Wildman–Crippen LogP) is 3.80. The largest absolute Gasteiger partial charge is 0.310 e. The van der Waals surface area contributed by atoms with E-state index in [0.29, 0.717) is 0 Å². The van der Waals surface area contributed by atoms with E-state index >= 15 is 0 Å². The van der Waals surface area contributed by atoms with Crippen LogP contribution in [0.25, 0.3) is 6.08 Å². The van der Waals surface area contributed by atoms with Crippen LogP contribution >= 0.6 is 0 Å². The fraction of sp³-hybridized carbons (Fsp3) is 0.588. The summed E-state index contributed by atoms with van der Waals surface area (Å²) in [5.41, 5.74) is 2.85. The maximum atomic E-state index is 4.23. The molecule has 102 valence electrons. The van der Waals surface area contributed by atoms with Crippen molar-refractivity contribution in [2.45, 2.75) is 51.0 Å². The first-order valence-corrected chi connectivity index (χ1v) is 7.76. The van der Waals surface area contributed by atoms with Crippen molar-refractivity contribution in [2.24, 2.45) is 5.92 Å². The average molecular weight is 256 g/mol. The molecule has 2 nitrogen and oxygen atoms in total. The number of pyridine rings is 1. The number of nitrogens with zero attached hydrogens (tertiary/aromatic N) is 1. The molecule has 0 saturated heterocycles. The Bertz CT molecular complexity index is 414. The Kier molecular flexibility index (Phi) is 4.29. The number of hydrogen-bond donors (Lipinski definition) is 1. The van der Waals surface area contributed by atoms with Crippen LogP contribution in [0.15, 0.2) is 30.1 Å². The quantitative estimate of drug-likeness (QED) is 0.867.